The molecule has 2 aromatic carbocycles. The largest absolute Gasteiger partial charge is 0.457 e. The molecule has 0 atom stereocenters. The first kappa shape index (κ1) is 18.1. The molecule has 0 radical (unpaired) electrons. The third-order valence-electron chi connectivity index (χ3n) is 3.99. The SMILES string of the molecule is O=C(NCc1ccc(-c2nc3ccccc3s2)o1)c1cc([N+](=O)[O-])ccc1Cl. The van der Waals surface area contributed by atoms with E-state index in [2.05, 4.69) is 10.3 Å². The van der Waals surface area contributed by atoms with Crippen molar-refractivity contribution in [3.63, 3.8) is 0 Å². The number of hydrogen-bond acceptors (Lipinski definition) is 6. The zero-order valence-corrected chi connectivity index (χ0v) is 15.8. The van der Waals surface area contributed by atoms with Crippen LogP contribution in [0.4, 0.5) is 5.69 Å². The number of aromatic nitrogens is 1. The number of nitro groups is 1. The van der Waals surface area contributed by atoms with Crippen LogP contribution in [-0.2, 0) is 6.54 Å². The highest BCUT2D eigenvalue weighted by molar-refractivity contribution is 7.21. The summed E-state index contributed by atoms with van der Waals surface area (Å²) in [6.07, 6.45) is 0. The van der Waals surface area contributed by atoms with E-state index in [1.54, 1.807) is 12.1 Å². The van der Waals surface area contributed by atoms with Crippen LogP contribution in [0.3, 0.4) is 0 Å². The van der Waals surface area contributed by atoms with Gasteiger partial charge in [-0.15, -0.1) is 11.3 Å². The lowest BCUT2D eigenvalue weighted by molar-refractivity contribution is -0.384. The Hall–Kier alpha value is -3.23. The van der Waals surface area contributed by atoms with Crippen molar-refractivity contribution in [2.45, 2.75) is 6.54 Å². The second kappa shape index (κ2) is 7.41. The Balaban J connectivity index is 1.48. The molecule has 0 saturated heterocycles. The Morgan fingerprint density at radius 3 is 2.82 bits per heavy atom. The summed E-state index contributed by atoms with van der Waals surface area (Å²) in [6.45, 7) is 0.114. The molecule has 0 aliphatic carbocycles. The highest BCUT2D eigenvalue weighted by atomic mass is 35.5. The van der Waals surface area contributed by atoms with E-state index in [0.29, 0.717) is 11.5 Å². The summed E-state index contributed by atoms with van der Waals surface area (Å²) < 4.78 is 6.83. The number of halogens is 1. The fraction of sp³-hybridized carbons (Fsp3) is 0.0526. The van der Waals surface area contributed by atoms with Gasteiger partial charge in [-0.25, -0.2) is 4.98 Å². The minimum Gasteiger partial charge on any atom is -0.457 e. The number of nitro benzene ring substituents is 1. The summed E-state index contributed by atoms with van der Waals surface area (Å²) in [5.41, 5.74) is 0.730. The second-order valence-electron chi connectivity index (χ2n) is 5.86. The number of carbonyl (C=O) groups is 1. The molecular weight excluding hydrogens is 402 g/mol. The minimum atomic E-state index is -0.579. The predicted octanol–water partition coefficient (Wildman–Crippen LogP) is 5.05. The van der Waals surface area contributed by atoms with Crippen molar-refractivity contribution in [2.24, 2.45) is 0 Å². The molecule has 0 aliphatic rings. The lowest BCUT2D eigenvalue weighted by Crippen LogP contribution is -2.23. The number of nitrogens with zero attached hydrogens (tertiary/aromatic N) is 2. The molecule has 0 unspecified atom stereocenters. The molecule has 0 saturated carbocycles. The highest BCUT2D eigenvalue weighted by Crippen LogP contribution is 2.31. The van der Waals surface area contributed by atoms with Crippen LogP contribution in [0.5, 0.6) is 0 Å². The Labute approximate surface area is 167 Å². The predicted molar refractivity (Wildman–Crippen MR) is 107 cm³/mol. The maximum atomic E-state index is 12.3. The number of hydrogen-bond donors (Lipinski definition) is 1. The number of carbonyl (C=O) groups excluding carboxylic acids is 1. The van der Waals surface area contributed by atoms with Crippen LogP contribution < -0.4 is 5.32 Å². The Morgan fingerprint density at radius 2 is 2.04 bits per heavy atom. The number of non-ortho nitro benzene ring substituents is 1. The van der Waals surface area contributed by atoms with Crippen LogP contribution in [-0.4, -0.2) is 15.8 Å². The number of amides is 1. The number of fused-ring (bicyclic) bond motifs is 1. The minimum absolute atomic E-state index is 0.0359. The van der Waals surface area contributed by atoms with Crippen LogP contribution in [0.25, 0.3) is 21.0 Å². The van der Waals surface area contributed by atoms with Crippen molar-refractivity contribution >= 4 is 44.7 Å². The first-order chi connectivity index (χ1) is 13.5. The molecule has 28 heavy (non-hydrogen) atoms. The molecule has 0 fully saturated rings. The van der Waals surface area contributed by atoms with Gasteiger partial charge in [0.15, 0.2) is 10.8 Å². The maximum absolute atomic E-state index is 12.3. The number of thiazole rings is 1. The topological polar surface area (TPSA) is 98.3 Å². The summed E-state index contributed by atoms with van der Waals surface area (Å²) in [7, 11) is 0. The first-order valence-electron chi connectivity index (χ1n) is 8.18. The van der Waals surface area contributed by atoms with Crippen molar-refractivity contribution in [3.05, 3.63) is 81.1 Å². The Kier molecular flexibility index (Phi) is 4.81. The molecule has 7 nitrogen and oxygen atoms in total. The van der Waals surface area contributed by atoms with Gasteiger partial charge >= 0.3 is 0 Å². The number of benzene rings is 2. The Morgan fingerprint density at radius 1 is 1.21 bits per heavy atom. The van der Waals surface area contributed by atoms with Gasteiger partial charge in [-0.1, -0.05) is 23.7 Å². The average molecular weight is 414 g/mol. The lowest BCUT2D eigenvalue weighted by Gasteiger charge is -2.05. The number of furan rings is 1. The van der Waals surface area contributed by atoms with Gasteiger partial charge in [0.25, 0.3) is 11.6 Å². The Bertz CT molecular complexity index is 1170. The van der Waals surface area contributed by atoms with Gasteiger partial charge in [0.1, 0.15) is 5.76 Å². The number of rotatable bonds is 5. The van der Waals surface area contributed by atoms with Gasteiger partial charge in [0.05, 0.1) is 32.3 Å². The lowest BCUT2D eigenvalue weighted by atomic mass is 10.2. The summed E-state index contributed by atoms with van der Waals surface area (Å²) in [6, 6.07) is 15.1. The number of para-hydroxylation sites is 1. The molecule has 2 heterocycles. The molecular formula is C19H12ClN3O4S. The van der Waals surface area contributed by atoms with Gasteiger partial charge in [-0.3, -0.25) is 14.9 Å². The van der Waals surface area contributed by atoms with Crippen LogP contribution >= 0.6 is 22.9 Å². The van der Waals surface area contributed by atoms with Crippen LogP contribution in [0, 0.1) is 10.1 Å². The van der Waals surface area contributed by atoms with E-state index in [4.69, 9.17) is 16.0 Å². The molecule has 0 spiro atoms. The summed E-state index contributed by atoms with van der Waals surface area (Å²) in [4.78, 5) is 27.2. The molecule has 2 aromatic heterocycles. The fourth-order valence-corrected chi connectivity index (χ4v) is 3.76. The van der Waals surface area contributed by atoms with Crippen molar-refractivity contribution in [1.29, 1.82) is 0 Å². The van der Waals surface area contributed by atoms with E-state index >= 15 is 0 Å². The third kappa shape index (κ3) is 3.60. The van der Waals surface area contributed by atoms with Crippen molar-refractivity contribution < 1.29 is 14.1 Å². The molecule has 9 heteroatoms. The normalized spacial score (nSPS) is 10.9. The molecule has 0 bridgehead atoms. The summed E-state index contributed by atoms with van der Waals surface area (Å²) in [5, 5.41) is 14.4. The van der Waals surface area contributed by atoms with E-state index in [1.807, 2.05) is 24.3 Å². The summed E-state index contributed by atoms with van der Waals surface area (Å²) in [5.74, 6) is 0.620. The van der Waals surface area contributed by atoms with E-state index in [9.17, 15) is 14.9 Å². The van der Waals surface area contributed by atoms with E-state index in [0.717, 1.165) is 21.3 Å². The standard InChI is InChI=1S/C19H12ClN3O4S/c20-14-7-5-11(23(25)26)9-13(14)18(24)21-10-12-6-8-16(27-12)19-22-15-3-1-2-4-17(15)28-19/h1-9H,10H2,(H,21,24). The van der Waals surface area contributed by atoms with Crippen LogP contribution in [0.15, 0.2) is 59.0 Å². The monoisotopic (exact) mass is 413 g/mol. The van der Waals surface area contributed by atoms with Crippen molar-refractivity contribution in [3.8, 4) is 10.8 Å². The molecule has 1 N–H and O–H groups in total. The van der Waals surface area contributed by atoms with Gasteiger partial charge < -0.3 is 9.73 Å². The zero-order chi connectivity index (χ0) is 19.7. The highest BCUT2D eigenvalue weighted by Gasteiger charge is 2.16. The molecule has 140 valence electrons. The van der Waals surface area contributed by atoms with Gasteiger partial charge in [0.2, 0.25) is 0 Å². The van der Waals surface area contributed by atoms with E-state index in [1.165, 1.54) is 23.5 Å². The maximum Gasteiger partial charge on any atom is 0.270 e. The van der Waals surface area contributed by atoms with Crippen LogP contribution in [0.1, 0.15) is 16.1 Å². The van der Waals surface area contributed by atoms with Crippen molar-refractivity contribution in [2.75, 3.05) is 0 Å². The quantitative estimate of drug-likeness (QED) is 0.364. The van der Waals surface area contributed by atoms with Gasteiger partial charge in [0, 0.05) is 12.1 Å². The zero-order valence-electron chi connectivity index (χ0n) is 14.2. The van der Waals surface area contributed by atoms with Crippen LogP contribution in [0.2, 0.25) is 5.02 Å². The van der Waals surface area contributed by atoms with Gasteiger partial charge in [-0.05, 0) is 30.3 Å². The van der Waals surface area contributed by atoms with E-state index < -0.39 is 10.8 Å². The number of nitrogens with one attached hydrogen (secondary N) is 1. The molecule has 0 aliphatic heterocycles. The fourth-order valence-electron chi connectivity index (χ4n) is 2.63. The average Bonchev–Trinajstić information content (AvgIpc) is 3.32. The van der Waals surface area contributed by atoms with Crippen molar-refractivity contribution in [1.82, 2.24) is 10.3 Å². The summed E-state index contributed by atoms with van der Waals surface area (Å²) >= 11 is 7.50. The molecule has 1 amide bonds. The molecule has 4 rings (SSSR count). The third-order valence-corrected chi connectivity index (χ3v) is 5.38. The van der Waals surface area contributed by atoms with E-state index in [-0.39, 0.29) is 22.8 Å². The first-order valence-corrected chi connectivity index (χ1v) is 9.37. The smallest absolute Gasteiger partial charge is 0.270 e. The molecule has 4 aromatic rings. The second-order valence-corrected chi connectivity index (χ2v) is 7.29. The van der Waals surface area contributed by atoms with Gasteiger partial charge in [-0.2, -0.15) is 0 Å².